The third kappa shape index (κ3) is 32.9. The fraction of sp³-hybridized carbons (Fsp3) is 0.806. The quantitative estimate of drug-likeness (QED) is 0.0848. The first-order valence-corrected chi connectivity index (χ1v) is 32.3. The summed E-state index contributed by atoms with van der Waals surface area (Å²) in [5.41, 5.74) is -9.28. The highest BCUT2D eigenvalue weighted by molar-refractivity contribution is 6.03. The van der Waals surface area contributed by atoms with Gasteiger partial charge in [-0.3, -0.25) is 42.5 Å². The van der Waals surface area contributed by atoms with Crippen molar-refractivity contribution < 1.29 is 131 Å². The molecule has 8 amide bonds. The molecule has 2 heterocycles. The number of hydrogen-bond donors (Lipinski definition) is 15. The lowest BCUT2D eigenvalue weighted by molar-refractivity contribution is -0.331. The summed E-state index contributed by atoms with van der Waals surface area (Å²) in [6.45, 7) is 34.5. The number of ether oxygens (including phenoxy) is 12. The van der Waals surface area contributed by atoms with Gasteiger partial charge in [-0.25, -0.2) is 58.3 Å². The molecule has 39 nitrogen and oxygen atoms in total. The molecule has 2 aliphatic heterocycles. The molecule has 15 N–H and O–H groups in total. The standard InChI is InChI=1S/C62H108N12O27/c1-55(2,3)94-47(82)67-43(68-48(83)95-56(4,5)6)63-26-30-34(77)36(79)37(80)42(90-30)93-40-29(65-45(71-51(86)98-59(13,14)15)72-52(87)99-60(16,17)18)25-28(64-44(69-49(84)96-57(7,8)9)70-50(85)97-58(10,11)12)39(38(40)81)92-41-35(78)32(33(76)31(27-75)91-41)66-46(73-53(88)100-61(19,20)21)74-54(89)101-62(22,23)24/h28-42,75-81H,25-27H2,1-24H3,(H2,63,67,68,82,83)(H2,64,69,70,84,85)(H2,65,71,72,86,87)(H2,66,73,74,88,89)/t28-,29+,30-,31-,32+,33-,34-,35-,36+,37-,38-,39+,40-,41-,42-/m1/s1. The van der Waals surface area contributed by atoms with Gasteiger partial charge in [0.25, 0.3) is 0 Å². The maximum absolute atomic E-state index is 13.7. The number of nitrogens with one attached hydrogen (secondary N) is 8. The Kier molecular flexibility index (Phi) is 30.4. The molecule has 0 aromatic carbocycles. The largest absolute Gasteiger partial charge is 0.444 e. The molecule has 0 spiro atoms. The fourth-order valence-corrected chi connectivity index (χ4v) is 8.84. The van der Waals surface area contributed by atoms with Gasteiger partial charge in [-0.15, -0.1) is 0 Å². The van der Waals surface area contributed by atoms with Crippen LogP contribution in [0, 0.1) is 0 Å². The number of rotatable bonds is 10. The Labute approximate surface area is 586 Å². The van der Waals surface area contributed by atoms with Crippen LogP contribution in [0.15, 0.2) is 20.0 Å². The molecule has 1 aliphatic carbocycles. The molecule has 39 heteroatoms. The first kappa shape index (κ1) is 87.6. The molecule has 1 saturated carbocycles. The number of carbonyl (C=O) groups is 8. The van der Waals surface area contributed by atoms with Crippen LogP contribution in [0.2, 0.25) is 0 Å². The molecular weight excluding hydrogens is 1340 g/mol. The topological polar surface area (TPSA) is 535 Å². The van der Waals surface area contributed by atoms with E-state index >= 15 is 0 Å². The summed E-state index contributed by atoms with van der Waals surface area (Å²) >= 11 is 0. The summed E-state index contributed by atoms with van der Waals surface area (Å²) < 4.78 is 68.3. The Balaban J connectivity index is 2.57. The maximum atomic E-state index is 13.7. The van der Waals surface area contributed by atoms with Gasteiger partial charge in [0.1, 0.15) is 112 Å². The predicted octanol–water partition coefficient (Wildman–Crippen LogP) is 2.50. The van der Waals surface area contributed by atoms with Gasteiger partial charge in [-0.2, -0.15) is 0 Å². The zero-order valence-electron chi connectivity index (χ0n) is 61.9. The Morgan fingerprint density at radius 1 is 0.337 bits per heavy atom. The monoisotopic (exact) mass is 1450 g/mol. The number of guanidine groups is 4. The summed E-state index contributed by atoms with van der Waals surface area (Å²) in [4.78, 5) is 125. The molecule has 0 bridgehead atoms. The van der Waals surface area contributed by atoms with Crippen LogP contribution in [0.4, 0.5) is 38.4 Å². The van der Waals surface area contributed by atoms with E-state index in [0.29, 0.717) is 0 Å². The van der Waals surface area contributed by atoms with Crippen molar-refractivity contribution in [3.05, 3.63) is 0 Å². The Morgan fingerprint density at radius 3 is 0.871 bits per heavy atom. The highest BCUT2D eigenvalue weighted by Crippen LogP contribution is 2.36. The minimum Gasteiger partial charge on any atom is -0.444 e. The summed E-state index contributed by atoms with van der Waals surface area (Å²) in [5.74, 6) is -3.06. The lowest BCUT2D eigenvalue weighted by Crippen LogP contribution is -2.65. The number of aliphatic imine (C=N–C) groups is 4. The molecule has 0 radical (unpaired) electrons. The van der Waals surface area contributed by atoms with E-state index in [9.17, 15) is 74.1 Å². The Bertz CT molecular complexity index is 2860. The van der Waals surface area contributed by atoms with E-state index in [1.54, 1.807) is 41.5 Å². The number of amides is 8. The number of hydrogen-bond acceptors (Lipinski definition) is 31. The van der Waals surface area contributed by atoms with Crippen molar-refractivity contribution in [2.45, 2.75) is 309 Å². The third-order valence-corrected chi connectivity index (χ3v) is 12.3. The van der Waals surface area contributed by atoms with Gasteiger partial charge in [0.2, 0.25) is 23.8 Å². The normalized spacial score (nSPS) is 25.8. The highest BCUT2D eigenvalue weighted by Gasteiger charge is 2.55. The van der Waals surface area contributed by atoms with Crippen molar-refractivity contribution >= 4 is 72.6 Å². The molecule has 3 rings (SSSR count). The minimum absolute atomic E-state index is 0.638. The molecular formula is C62H108N12O27. The second kappa shape index (κ2) is 35.1. The van der Waals surface area contributed by atoms with Gasteiger partial charge in [-0.05, 0) is 173 Å². The van der Waals surface area contributed by atoms with Crippen LogP contribution in [0.3, 0.4) is 0 Å². The number of aliphatic hydroxyl groups excluding tert-OH is 7. The summed E-state index contributed by atoms with van der Waals surface area (Å²) in [5, 5.41) is 101. The van der Waals surface area contributed by atoms with E-state index < -0.39 is 229 Å². The van der Waals surface area contributed by atoms with Crippen molar-refractivity contribution in [2.75, 3.05) is 13.2 Å². The van der Waals surface area contributed by atoms with Gasteiger partial charge in [0.15, 0.2) is 12.6 Å². The average Bonchev–Trinajstić information content (AvgIpc) is 0.771. The molecule has 0 aromatic heterocycles. The smallest absolute Gasteiger partial charge is 0.414 e. The van der Waals surface area contributed by atoms with E-state index in [1.807, 2.05) is 0 Å². The van der Waals surface area contributed by atoms with Crippen LogP contribution in [-0.2, 0) is 56.8 Å². The predicted molar refractivity (Wildman–Crippen MR) is 356 cm³/mol. The summed E-state index contributed by atoms with van der Waals surface area (Å²) in [6.07, 6.45) is -36.4. The Morgan fingerprint density at radius 2 is 0.594 bits per heavy atom. The first-order chi connectivity index (χ1) is 45.7. The van der Waals surface area contributed by atoms with Gasteiger partial charge in [0, 0.05) is 0 Å². The van der Waals surface area contributed by atoms with E-state index in [1.165, 1.54) is 125 Å². The number of carbonyl (C=O) groups excluding carboxylic acids is 8. The molecule has 2 saturated heterocycles. The van der Waals surface area contributed by atoms with Crippen molar-refractivity contribution in [3.8, 4) is 0 Å². The highest BCUT2D eigenvalue weighted by atomic mass is 16.7. The van der Waals surface area contributed by atoms with E-state index in [2.05, 4.69) is 62.5 Å². The number of alkyl carbamates (subject to hydrolysis) is 8. The van der Waals surface area contributed by atoms with Crippen LogP contribution < -0.4 is 42.5 Å². The van der Waals surface area contributed by atoms with Crippen LogP contribution in [0.5, 0.6) is 0 Å². The zero-order chi connectivity index (χ0) is 77.7. The number of aliphatic hydroxyl groups is 7. The lowest BCUT2D eigenvalue weighted by Gasteiger charge is -2.48. The minimum atomic E-state index is -2.45. The van der Waals surface area contributed by atoms with Crippen LogP contribution >= 0.6 is 0 Å². The van der Waals surface area contributed by atoms with Gasteiger partial charge >= 0.3 is 48.7 Å². The van der Waals surface area contributed by atoms with Crippen molar-refractivity contribution in [1.29, 1.82) is 0 Å². The molecule has 3 fully saturated rings. The second-order valence-corrected chi connectivity index (χ2v) is 31.4. The van der Waals surface area contributed by atoms with Gasteiger partial charge < -0.3 is 92.6 Å². The summed E-state index contributed by atoms with van der Waals surface area (Å²) in [7, 11) is 0. The first-order valence-electron chi connectivity index (χ1n) is 32.3. The SMILES string of the molecule is CC(C)(C)OC(=O)NC(=NC[C@H]1O[C@H](O[C@H]2[C@H](O)[C@@H](O[C@H]3O[C@H](CO)[C@@H](O)[C@H](N=C(NC(=O)OC(C)(C)C)NC(=O)OC(C)(C)C)[C@H]3O)[C@H](N=C(NC(=O)OC(C)(C)C)NC(=O)OC(C)(C)C)C[C@@H]2N=C(NC(=O)OC(C)(C)C)NC(=O)OC(C)(C)C)[C@H](O)[C@@H](O)[C@@H]1O)NC(=O)OC(C)(C)C. The molecule has 15 atom stereocenters. The second-order valence-electron chi connectivity index (χ2n) is 31.4. The van der Waals surface area contributed by atoms with Crippen molar-refractivity contribution in [3.63, 3.8) is 0 Å². The maximum Gasteiger partial charge on any atom is 0.414 e. The fourth-order valence-electron chi connectivity index (χ4n) is 8.84. The third-order valence-electron chi connectivity index (χ3n) is 12.3. The number of nitrogens with zero attached hydrogens (tertiary/aromatic N) is 4. The van der Waals surface area contributed by atoms with Gasteiger partial charge in [0.05, 0.1) is 25.2 Å². The van der Waals surface area contributed by atoms with Crippen molar-refractivity contribution in [1.82, 2.24) is 42.5 Å². The van der Waals surface area contributed by atoms with Crippen LogP contribution in [0.1, 0.15) is 173 Å². The van der Waals surface area contributed by atoms with Crippen LogP contribution in [0.25, 0.3) is 0 Å². The molecule has 0 unspecified atom stereocenters. The zero-order valence-corrected chi connectivity index (χ0v) is 61.9. The van der Waals surface area contributed by atoms with E-state index in [0.717, 1.165) is 0 Å². The molecule has 0 aromatic rings. The van der Waals surface area contributed by atoms with E-state index in [-0.39, 0.29) is 0 Å². The molecule has 3 aliphatic rings. The molecule has 578 valence electrons. The Hall–Kier alpha value is -7.60. The molecule has 101 heavy (non-hydrogen) atoms. The van der Waals surface area contributed by atoms with Crippen LogP contribution in [-0.4, -0.2) is 258 Å². The van der Waals surface area contributed by atoms with Crippen molar-refractivity contribution in [2.24, 2.45) is 20.0 Å². The van der Waals surface area contributed by atoms with E-state index in [4.69, 9.17) is 56.8 Å². The average molecular weight is 1450 g/mol. The van der Waals surface area contributed by atoms with Gasteiger partial charge in [-0.1, -0.05) is 0 Å². The summed E-state index contributed by atoms with van der Waals surface area (Å²) in [6, 6.07) is -5.77. The lowest BCUT2D eigenvalue weighted by atomic mass is 9.83.